The van der Waals surface area contributed by atoms with Gasteiger partial charge < -0.3 is 19.9 Å². The van der Waals surface area contributed by atoms with E-state index in [2.05, 4.69) is 15.6 Å². The molecule has 1 aromatic heterocycles. The predicted molar refractivity (Wildman–Crippen MR) is 99.5 cm³/mol. The summed E-state index contributed by atoms with van der Waals surface area (Å²) in [6.07, 6.45) is 3.03. The summed E-state index contributed by atoms with van der Waals surface area (Å²) in [7, 11) is 0. The molecule has 1 aliphatic heterocycles. The monoisotopic (exact) mass is 380 g/mol. The zero-order chi connectivity index (χ0) is 19.5. The molecule has 142 valence electrons. The van der Waals surface area contributed by atoms with Crippen LogP contribution in [0.4, 0.5) is 10.1 Å². The minimum Gasteiger partial charge on any atom is -0.489 e. The van der Waals surface area contributed by atoms with Crippen LogP contribution in [0.2, 0.25) is 0 Å². The number of aromatic nitrogens is 2. The van der Waals surface area contributed by atoms with Crippen molar-refractivity contribution in [3.63, 3.8) is 0 Å². The molecular formula is C20H17FN4O3. The fraction of sp³-hybridized carbons (Fsp3) is 0.150. The number of para-hydroxylation sites is 2. The first-order chi connectivity index (χ1) is 13.6. The van der Waals surface area contributed by atoms with Crippen LogP contribution in [0.5, 0.6) is 5.75 Å². The molecule has 0 saturated carbocycles. The lowest BCUT2D eigenvalue weighted by atomic mass is 10.2. The number of imidazole rings is 1. The van der Waals surface area contributed by atoms with E-state index in [1.165, 1.54) is 18.5 Å². The van der Waals surface area contributed by atoms with Gasteiger partial charge >= 0.3 is 0 Å². The standard InChI is InChI=1S/C20H17FN4O3/c21-14-5-3-4-13(8-14)9-25-10-16(22-12-25)19(26)24-17-11-28-18-7-2-1-6-15(18)23-20(17)27/h1-8,10,12,17H,9,11H2,(H,23,27)(H,24,26)/t17-/m1/s1. The van der Waals surface area contributed by atoms with Crippen LogP contribution in [0.3, 0.4) is 0 Å². The van der Waals surface area contributed by atoms with Crippen molar-refractivity contribution in [2.24, 2.45) is 0 Å². The van der Waals surface area contributed by atoms with Crippen LogP contribution in [0.1, 0.15) is 16.1 Å². The zero-order valence-electron chi connectivity index (χ0n) is 14.8. The van der Waals surface area contributed by atoms with Gasteiger partial charge in [0, 0.05) is 12.7 Å². The van der Waals surface area contributed by atoms with Gasteiger partial charge in [-0.1, -0.05) is 24.3 Å². The molecule has 3 aromatic rings. The molecule has 2 N–H and O–H groups in total. The predicted octanol–water partition coefficient (Wildman–Crippen LogP) is 2.20. The molecule has 28 heavy (non-hydrogen) atoms. The number of benzene rings is 2. The number of carbonyl (C=O) groups excluding carboxylic acids is 2. The van der Waals surface area contributed by atoms with Gasteiger partial charge in [0.2, 0.25) is 0 Å². The second kappa shape index (κ2) is 7.51. The van der Waals surface area contributed by atoms with Crippen LogP contribution in [-0.2, 0) is 11.3 Å². The highest BCUT2D eigenvalue weighted by molar-refractivity contribution is 6.01. The number of hydrogen-bond donors (Lipinski definition) is 2. The van der Waals surface area contributed by atoms with Crippen LogP contribution in [0.25, 0.3) is 0 Å². The quantitative estimate of drug-likeness (QED) is 0.727. The highest BCUT2D eigenvalue weighted by Gasteiger charge is 2.27. The molecule has 7 nitrogen and oxygen atoms in total. The number of anilines is 1. The van der Waals surface area contributed by atoms with Gasteiger partial charge in [0.1, 0.15) is 29.9 Å². The molecule has 0 fully saturated rings. The van der Waals surface area contributed by atoms with Crippen molar-refractivity contribution in [1.82, 2.24) is 14.9 Å². The molecule has 4 rings (SSSR count). The average molecular weight is 380 g/mol. The van der Waals surface area contributed by atoms with E-state index in [9.17, 15) is 14.0 Å². The number of nitrogens with zero attached hydrogens (tertiary/aromatic N) is 2. The summed E-state index contributed by atoms with van der Waals surface area (Å²) < 4.78 is 20.6. The third-order valence-corrected chi connectivity index (χ3v) is 4.29. The van der Waals surface area contributed by atoms with Gasteiger partial charge in [0.25, 0.3) is 11.8 Å². The number of rotatable bonds is 4. The van der Waals surface area contributed by atoms with Gasteiger partial charge in [-0.3, -0.25) is 9.59 Å². The number of carbonyl (C=O) groups is 2. The maximum absolute atomic E-state index is 13.3. The Bertz CT molecular complexity index is 1030. The van der Waals surface area contributed by atoms with E-state index in [-0.39, 0.29) is 24.0 Å². The Kier molecular flexibility index (Phi) is 4.76. The fourth-order valence-electron chi connectivity index (χ4n) is 2.91. The van der Waals surface area contributed by atoms with Crippen molar-refractivity contribution < 1.29 is 18.7 Å². The molecule has 0 radical (unpaired) electrons. The Hall–Kier alpha value is -3.68. The second-order valence-corrected chi connectivity index (χ2v) is 6.38. The van der Waals surface area contributed by atoms with Crippen LogP contribution in [0.15, 0.2) is 61.1 Å². The number of nitrogens with one attached hydrogen (secondary N) is 2. The summed E-state index contributed by atoms with van der Waals surface area (Å²) in [5.41, 5.74) is 1.47. The molecule has 0 spiro atoms. The molecule has 0 aliphatic carbocycles. The van der Waals surface area contributed by atoms with Gasteiger partial charge in [-0.25, -0.2) is 9.37 Å². The molecule has 2 heterocycles. The van der Waals surface area contributed by atoms with E-state index in [0.717, 1.165) is 5.56 Å². The highest BCUT2D eigenvalue weighted by Crippen LogP contribution is 2.26. The summed E-state index contributed by atoms with van der Waals surface area (Å²) >= 11 is 0. The lowest BCUT2D eigenvalue weighted by Crippen LogP contribution is -2.46. The Balaban J connectivity index is 1.41. The van der Waals surface area contributed by atoms with Crippen LogP contribution in [0, 0.1) is 5.82 Å². The van der Waals surface area contributed by atoms with Gasteiger partial charge in [0.15, 0.2) is 0 Å². The normalized spacial score (nSPS) is 15.8. The summed E-state index contributed by atoms with van der Waals surface area (Å²) in [5.74, 6) is -0.631. The number of amides is 2. The van der Waals surface area contributed by atoms with Gasteiger partial charge in [0.05, 0.1) is 12.0 Å². The topological polar surface area (TPSA) is 85.3 Å². The molecule has 0 unspecified atom stereocenters. The molecule has 1 aliphatic rings. The Morgan fingerprint density at radius 1 is 1.29 bits per heavy atom. The third kappa shape index (κ3) is 3.85. The van der Waals surface area contributed by atoms with E-state index in [1.54, 1.807) is 47.2 Å². The maximum Gasteiger partial charge on any atom is 0.272 e. The van der Waals surface area contributed by atoms with Crippen molar-refractivity contribution in [2.45, 2.75) is 12.6 Å². The number of halogens is 1. The largest absolute Gasteiger partial charge is 0.489 e. The SMILES string of the molecule is O=C(N[C@@H]1COc2ccccc2NC1=O)c1cn(Cc2cccc(F)c2)cn1. The molecule has 8 heteroatoms. The van der Waals surface area contributed by atoms with Crippen molar-refractivity contribution in [2.75, 3.05) is 11.9 Å². The Morgan fingerprint density at radius 2 is 2.14 bits per heavy atom. The number of ether oxygens (including phenoxy) is 1. The lowest BCUT2D eigenvalue weighted by molar-refractivity contribution is -0.118. The molecule has 0 bridgehead atoms. The molecular weight excluding hydrogens is 363 g/mol. The Morgan fingerprint density at radius 3 is 3.00 bits per heavy atom. The van der Waals surface area contributed by atoms with E-state index >= 15 is 0 Å². The zero-order valence-corrected chi connectivity index (χ0v) is 14.8. The minimum atomic E-state index is -0.853. The van der Waals surface area contributed by atoms with Crippen LogP contribution < -0.4 is 15.4 Å². The summed E-state index contributed by atoms with van der Waals surface area (Å²) in [4.78, 5) is 28.9. The van der Waals surface area contributed by atoms with Gasteiger partial charge in [-0.15, -0.1) is 0 Å². The fourth-order valence-corrected chi connectivity index (χ4v) is 2.91. The first kappa shape index (κ1) is 17.7. The molecule has 2 aromatic carbocycles. The van der Waals surface area contributed by atoms with Crippen molar-refractivity contribution in [1.29, 1.82) is 0 Å². The second-order valence-electron chi connectivity index (χ2n) is 6.38. The lowest BCUT2D eigenvalue weighted by Gasteiger charge is -2.13. The van der Waals surface area contributed by atoms with E-state index in [4.69, 9.17) is 4.74 Å². The molecule has 2 amide bonds. The Labute approximate surface area is 160 Å². The third-order valence-electron chi connectivity index (χ3n) is 4.29. The minimum absolute atomic E-state index is 0.0125. The van der Waals surface area contributed by atoms with E-state index in [0.29, 0.717) is 18.0 Å². The van der Waals surface area contributed by atoms with Crippen molar-refractivity contribution >= 4 is 17.5 Å². The smallest absolute Gasteiger partial charge is 0.272 e. The number of hydrogen-bond acceptors (Lipinski definition) is 4. The first-order valence-electron chi connectivity index (χ1n) is 8.68. The van der Waals surface area contributed by atoms with Crippen LogP contribution >= 0.6 is 0 Å². The highest BCUT2D eigenvalue weighted by atomic mass is 19.1. The van der Waals surface area contributed by atoms with Gasteiger partial charge in [-0.2, -0.15) is 0 Å². The summed E-state index contributed by atoms with van der Waals surface area (Å²) in [6.45, 7) is 0.388. The van der Waals surface area contributed by atoms with E-state index < -0.39 is 11.9 Å². The summed E-state index contributed by atoms with van der Waals surface area (Å²) in [5, 5.41) is 5.37. The summed E-state index contributed by atoms with van der Waals surface area (Å²) in [6, 6.07) is 12.4. The average Bonchev–Trinajstić information content (AvgIpc) is 3.08. The van der Waals surface area contributed by atoms with E-state index in [1.807, 2.05) is 0 Å². The van der Waals surface area contributed by atoms with Crippen molar-refractivity contribution in [3.05, 3.63) is 78.1 Å². The van der Waals surface area contributed by atoms with Gasteiger partial charge in [-0.05, 0) is 29.8 Å². The molecule has 1 atom stereocenters. The maximum atomic E-state index is 13.3. The number of fused-ring (bicyclic) bond motifs is 1. The van der Waals surface area contributed by atoms with Crippen molar-refractivity contribution in [3.8, 4) is 5.75 Å². The van der Waals surface area contributed by atoms with Crippen LogP contribution in [-0.4, -0.2) is 34.0 Å². The first-order valence-corrected chi connectivity index (χ1v) is 8.68. The molecule has 0 saturated heterocycles.